The molecule has 6 nitrogen and oxygen atoms in total. The van der Waals surface area contributed by atoms with Crippen LogP contribution in [0, 0.1) is 0 Å². The predicted molar refractivity (Wildman–Crippen MR) is 98.3 cm³/mol. The number of para-hydroxylation sites is 1. The van der Waals surface area contributed by atoms with Crippen LogP contribution in [0.3, 0.4) is 0 Å². The quantitative estimate of drug-likeness (QED) is 0.913. The number of carbonyl (C=O) groups is 1. The highest BCUT2D eigenvalue weighted by Crippen LogP contribution is 2.29. The maximum Gasteiger partial charge on any atom is 0.257 e. The van der Waals surface area contributed by atoms with Crippen LogP contribution in [0.15, 0.2) is 30.5 Å². The first-order valence-corrected chi connectivity index (χ1v) is 9.32. The molecule has 136 valence electrons. The summed E-state index contributed by atoms with van der Waals surface area (Å²) in [6.45, 7) is 5.68. The largest absolute Gasteiger partial charge is 0.493 e. The highest BCUT2D eigenvalue weighted by molar-refractivity contribution is 5.97. The number of ether oxygens (including phenoxy) is 1. The summed E-state index contributed by atoms with van der Waals surface area (Å²) in [5, 5.41) is 3.34. The molecule has 1 aromatic carbocycles. The fourth-order valence-corrected chi connectivity index (χ4v) is 3.70. The maximum absolute atomic E-state index is 12.9. The Bertz CT molecular complexity index is 808. The van der Waals surface area contributed by atoms with Gasteiger partial charge in [0.05, 0.1) is 12.2 Å². The summed E-state index contributed by atoms with van der Waals surface area (Å²) < 4.78 is 5.61. The Labute approximate surface area is 153 Å². The van der Waals surface area contributed by atoms with Crippen molar-refractivity contribution in [3.63, 3.8) is 0 Å². The van der Waals surface area contributed by atoms with Gasteiger partial charge in [0.2, 0.25) is 0 Å². The standard InChI is InChI=1S/C20H24N4O2/c1-2-26-18-6-4-3-5-16(18)20(25)24-10-8-14(13-24)19-22-12-15-11-21-9-7-17(15)23-19/h3-6,12,14,21H,2,7-11,13H2,1H3. The van der Waals surface area contributed by atoms with E-state index in [4.69, 9.17) is 9.72 Å². The van der Waals surface area contributed by atoms with Crippen LogP contribution in [0.4, 0.5) is 0 Å². The molecule has 1 saturated heterocycles. The number of amides is 1. The van der Waals surface area contributed by atoms with Gasteiger partial charge >= 0.3 is 0 Å². The Hall–Kier alpha value is -2.47. The van der Waals surface area contributed by atoms with E-state index in [-0.39, 0.29) is 11.8 Å². The molecule has 0 bridgehead atoms. The fourth-order valence-electron chi connectivity index (χ4n) is 3.70. The van der Waals surface area contributed by atoms with E-state index < -0.39 is 0 Å². The second-order valence-corrected chi connectivity index (χ2v) is 6.79. The van der Waals surface area contributed by atoms with Gasteiger partial charge in [-0.2, -0.15) is 0 Å². The predicted octanol–water partition coefficient (Wildman–Crippen LogP) is 2.15. The monoisotopic (exact) mass is 352 g/mol. The van der Waals surface area contributed by atoms with Crippen molar-refractivity contribution in [2.75, 3.05) is 26.2 Å². The number of rotatable bonds is 4. The van der Waals surface area contributed by atoms with Crippen molar-refractivity contribution in [3.8, 4) is 5.75 Å². The van der Waals surface area contributed by atoms with Gasteiger partial charge in [-0.15, -0.1) is 0 Å². The van der Waals surface area contributed by atoms with Crippen LogP contribution in [0.5, 0.6) is 5.75 Å². The lowest BCUT2D eigenvalue weighted by atomic mass is 10.1. The van der Waals surface area contributed by atoms with Gasteiger partial charge in [0.25, 0.3) is 5.91 Å². The number of nitrogens with zero attached hydrogens (tertiary/aromatic N) is 3. The first-order chi connectivity index (χ1) is 12.8. The maximum atomic E-state index is 12.9. The van der Waals surface area contributed by atoms with Gasteiger partial charge in [-0.05, 0) is 25.5 Å². The number of nitrogens with one attached hydrogen (secondary N) is 1. The van der Waals surface area contributed by atoms with Crippen LogP contribution in [0.25, 0.3) is 0 Å². The average Bonchev–Trinajstić information content (AvgIpc) is 3.18. The number of benzene rings is 1. The summed E-state index contributed by atoms with van der Waals surface area (Å²) in [6, 6.07) is 7.46. The van der Waals surface area contributed by atoms with E-state index in [2.05, 4.69) is 10.3 Å². The minimum Gasteiger partial charge on any atom is -0.493 e. The van der Waals surface area contributed by atoms with Crippen molar-refractivity contribution in [1.29, 1.82) is 0 Å². The summed E-state index contributed by atoms with van der Waals surface area (Å²) in [5.74, 6) is 1.76. The number of fused-ring (bicyclic) bond motifs is 1. The third-order valence-corrected chi connectivity index (χ3v) is 5.08. The minimum atomic E-state index is 0.0266. The van der Waals surface area contributed by atoms with E-state index in [1.165, 1.54) is 5.56 Å². The molecule has 0 saturated carbocycles. The topological polar surface area (TPSA) is 67.3 Å². The van der Waals surface area contributed by atoms with Gasteiger partial charge in [-0.3, -0.25) is 4.79 Å². The summed E-state index contributed by atoms with van der Waals surface area (Å²) in [6.07, 6.45) is 3.79. The number of likely N-dealkylation sites (tertiary alicyclic amines) is 1. The lowest BCUT2D eigenvalue weighted by Gasteiger charge is -2.19. The molecule has 3 heterocycles. The molecule has 2 aliphatic heterocycles. The Balaban J connectivity index is 1.49. The van der Waals surface area contributed by atoms with Crippen LogP contribution in [0.1, 0.15) is 46.7 Å². The Morgan fingerprint density at radius 2 is 2.27 bits per heavy atom. The van der Waals surface area contributed by atoms with Crippen molar-refractivity contribution in [2.24, 2.45) is 0 Å². The van der Waals surface area contributed by atoms with Crippen molar-refractivity contribution in [1.82, 2.24) is 20.2 Å². The van der Waals surface area contributed by atoms with Gasteiger partial charge in [0.1, 0.15) is 11.6 Å². The molecular formula is C20H24N4O2. The van der Waals surface area contributed by atoms with Crippen LogP contribution >= 0.6 is 0 Å². The normalized spacial score (nSPS) is 19.3. The molecule has 0 radical (unpaired) electrons. The number of aromatic nitrogens is 2. The van der Waals surface area contributed by atoms with E-state index in [1.54, 1.807) is 0 Å². The SMILES string of the molecule is CCOc1ccccc1C(=O)N1CCC(c2ncc3c(n2)CCNC3)C1. The molecule has 6 heteroatoms. The highest BCUT2D eigenvalue weighted by Gasteiger charge is 2.31. The zero-order valence-corrected chi connectivity index (χ0v) is 15.1. The zero-order chi connectivity index (χ0) is 17.9. The van der Waals surface area contributed by atoms with Crippen molar-refractivity contribution >= 4 is 5.91 Å². The number of hydrogen-bond acceptors (Lipinski definition) is 5. The molecule has 1 amide bonds. The summed E-state index contributed by atoms with van der Waals surface area (Å²) >= 11 is 0. The first-order valence-electron chi connectivity index (χ1n) is 9.32. The van der Waals surface area contributed by atoms with Crippen molar-refractivity contribution in [2.45, 2.75) is 32.2 Å². The molecule has 1 fully saturated rings. The van der Waals surface area contributed by atoms with Crippen LogP contribution in [-0.4, -0.2) is 47.0 Å². The van der Waals surface area contributed by atoms with Crippen LogP contribution in [0.2, 0.25) is 0 Å². The Morgan fingerprint density at radius 3 is 3.15 bits per heavy atom. The lowest BCUT2D eigenvalue weighted by molar-refractivity contribution is 0.0786. The average molecular weight is 352 g/mol. The smallest absolute Gasteiger partial charge is 0.257 e. The molecule has 1 N–H and O–H groups in total. The molecule has 1 aromatic heterocycles. The molecule has 2 aliphatic rings. The third kappa shape index (κ3) is 3.29. The lowest BCUT2D eigenvalue weighted by Crippen LogP contribution is -2.29. The molecule has 1 atom stereocenters. The molecular weight excluding hydrogens is 328 g/mol. The molecule has 0 spiro atoms. The van der Waals surface area contributed by atoms with Crippen LogP contribution in [-0.2, 0) is 13.0 Å². The summed E-state index contributed by atoms with van der Waals surface area (Å²) in [4.78, 5) is 24.2. The van der Waals surface area contributed by atoms with Crippen LogP contribution < -0.4 is 10.1 Å². The molecule has 0 aliphatic carbocycles. The summed E-state index contributed by atoms with van der Waals surface area (Å²) in [7, 11) is 0. The van der Waals surface area contributed by atoms with E-state index in [9.17, 15) is 4.79 Å². The van der Waals surface area contributed by atoms with Gasteiger partial charge in [0.15, 0.2) is 0 Å². The van der Waals surface area contributed by atoms with Gasteiger partial charge in [-0.1, -0.05) is 12.1 Å². The highest BCUT2D eigenvalue weighted by atomic mass is 16.5. The van der Waals surface area contributed by atoms with Gasteiger partial charge in [0, 0.05) is 56.0 Å². The van der Waals surface area contributed by atoms with E-state index in [0.717, 1.165) is 44.0 Å². The molecule has 1 unspecified atom stereocenters. The molecule has 26 heavy (non-hydrogen) atoms. The first kappa shape index (κ1) is 17.0. The van der Waals surface area contributed by atoms with Crippen molar-refractivity contribution < 1.29 is 9.53 Å². The second kappa shape index (κ2) is 7.41. The van der Waals surface area contributed by atoms with Gasteiger partial charge in [-0.25, -0.2) is 9.97 Å². The number of hydrogen-bond donors (Lipinski definition) is 1. The Morgan fingerprint density at radius 1 is 1.38 bits per heavy atom. The number of carbonyl (C=O) groups excluding carboxylic acids is 1. The molecule has 4 rings (SSSR count). The second-order valence-electron chi connectivity index (χ2n) is 6.79. The third-order valence-electron chi connectivity index (χ3n) is 5.08. The summed E-state index contributed by atoms with van der Waals surface area (Å²) in [5.41, 5.74) is 2.98. The molecule has 2 aromatic rings. The van der Waals surface area contributed by atoms with E-state index in [1.807, 2.05) is 42.3 Å². The fraction of sp³-hybridized carbons (Fsp3) is 0.450. The van der Waals surface area contributed by atoms with E-state index >= 15 is 0 Å². The Kier molecular flexibility index (Phi) is 4.84. The minimum absolute atomic E-state index is 0.0266. The van der Waals surface area contributed by atoms with Gasteiger partial charge < -0.3 is 15.0 Å². The van der Waals surface area contributed by atoms with Crippen molar-refractivity contribution in [3.05, 3.63) is 53.1 Å². The van der Waals surface area contributed by atoms with E-state index in [0.29, 0.717) is 24.5 Å². The zero-order valence-electron chi connectivity index (χ0n) is 15.1.